The second-order valence-corrected chi connectivity index (χ2v) is 10.6. The Hall–Kier alpha value is -3.27. The third kappa shape index (κ3) is 5.53. The van der Waals surface area contributed by atoms with Gasteiger partial charge in [0.25, 0.3) is 5.91 Å². The largest absolute Gasteiger partial charge is 0.387 e. The number of nitrogen functional groups attached to an aromatic ring is 1. The van der Waals surface area contributed by atoms with Crippen LogP contribution in [0.1, 0.15) is 59.0 Å². The van der Waals surface area contributed by atoms with Gasteiger partial charge in [-0.2, -0.15) is 0 Å². The Balaban J connectivity index is 1.46. The third-order valence-corrected chi connectivity index (χ3v) is 6.70. The van der Waals surface area contributed by atoms with Crippen LogP contribution >= 0.6 is 0 Å². The van der Waals surface area contributed by atoms with Crippen molar-refractivity contribution < 1.29 is 24.5 Å². The lowest BCUT2D eigenvalue weighted by Crippen LogP contribution is -2.44. The van der Waals surface area contributed by atoms with Crippen LogP contribution in [0.15, 0.2) is 6.33 Å². The van der Waals surface area contributed by atoms with Crippen molar-refractivity contribution in [1.82, 2.24) is 29.7 Å². The number of amides is 2. The molecule has 2 fully saturated rings. The molecule has 2 aliphatic rings. The lowest BCUT2D eigenvalue weighted by Gasteiger charge is -2.35. The summed E-state index contributed by atoms with van der Waals surface area (Å²) in [5.74, 6) is 6.44. The van der Waals surface area contributed by atoms with Crippen molar-refractivity contribution in [3.05, 3.63) is 12.2 Å². The number of likely N-dealkylation sites (tertiary alicyclic amines) is 1. The van der Waals surface area contributed by atoms with Crippen LogP contribution in [0.4, 0.5) is 5.82 Å². The van der Waals surface area contributed by atoms with Crippen molar-refractivity contribution in [3.8, 4) is 11.8 Å². The number of carbonyl (C=O) groups is 2. The number of fused-ring (bicyclic) bond motifs is 1. The minimum atomic E-state index is -1.42. The summed E-state index contributed by atoms with van der Waals surface area (Å²) in [6.07, 6.45) is -1.34. The van der Waals surface area contributed by atoms with Gasteiger partial charge < -0.3 is 30.9 Å². The number of aromatic nitrogens is 4. The Bertz CT molecular complexity index is 1220. The number of anilines is 1. The molecule has 4 rings (SSSR count). The Morgan fingerprint density at radius 3 is 2.57 bits per heavy atom. The molecule has 200 valence electrons. The standard InChI is InChI=1S/C25H35N7O5/c1-5-27-22(35)19-17(33)18(34)23(37-19)32-13-28-16-20(26)29-15(30-21(16)32)8-6-7-14-9-11-31(12-10-14)24(36)25(2,3)4/h13-14,17-19,23,33-34H,5,7,9-12H2,1-4H3,(H,27,35)(H2,26,29,30)/t17-,18?,19+,23-/m1/s1. The Labute approximate surface area is 215 Å². The fourth-order valence-electron chi connectivity index (χ4n) is 4.65. The van der Waals surface area contributed by atoms with Crippen LogP contribution in [0, 0.1) is 23.2 Å². The van der Waals surface area contributed by atoms with Gasteiger partial charge in [0, 0.05) is 31.5 Å². The lowest BCUT2D eigenvalue weighted by atomic mass is 9.90. The molecule has 5 N–H and O–H groups in total. The zero-order valence-corrected chi connectivity index (χ0v) is 21.6. The van der Waals surface area contributed by atoms with Gasteiger partial charge in [0.05, 0.1) is 6.33 Å². The maximum absolute atomic E-state index is 12.5. The van der Waals surface area contributed by atoms with Crippen LogP contribution in [0.3, 0.4) is 0 Å². The number of piperidine rings is 1. The number of aliphatic hydroxyl groups excluding tert-OH is 2. The summed E-state index contributed by atoms with van der Waals surface area (Å²) in [7, 11) is 0. The zero-order valence-electron chi connectivity index (χ0n) is 21.6. The van der Waals surface area contributed by atoms with Gasteiger partial charge in [-0.25, -0.2) is 15.0 Å². The summed E-state index contributed by atoms with van der Waals surface area (Å²) in [4.78, 5) is 39.5. The normalized spacial score (nSPS) is 24.6. The first kappa shape index (κ1) is 26.8. The fourth-order valence-corrected chi connectivity index (χ4v) is 4.65. The summed E-state index contributed by atoms with van der Waals surface area (Å²) < 4.78 is 7.11. The van der Waals surface area contributed by atoms with Crippen LogP contribution in [0.25, 0.3) is 11.2 Å². The predicted octanol–water partition coefficient (Wildman–Crippen LogP) is 0.190. The number of rotatable bonds is 4. The molecule has 12 heteroatoms. The molecule has 2 aliphatic heterocycles. The molecule has 0 radical (unpaired) electrons. The molecule has 2 aromatic heterocycles. The van der Waals surface area contributed by atoms with E-state index in [9.17, 15) is 19.8 Å². The number of nitrogens with two attached hydrogens (primary N) is 1. The smallest absolute Gasteiger partial charge is 0.252 e. The van der Waals surface area contributed by atoms with Gasteiger partial charge in [-0.3, -0.25) is 14.2 Å². The van der Waals surface area contributed by atoms with E-state index in [2.05, 4.69) is 32.1 Å². The van der Waals surface area contributed by atoms with E-state index in [-0.39, 0.29) is 28.6 Å². The van der Waals surface area contributed by atoms with Gasteiger partial charge in [-0.15, -0.1) is 0 Å². The van der Waals surface area contributed by atoms with E-state index in [0.717, 1.165) is 25.9 Å². The number of ether oxygens (including phenoxy) is 1. The topological polar surface area (TPSA) is 169 Å². The van der Waals surface area contributed by atoms with Crippen LogP contribution in [0.2, 0.25) is 0 Å². The van der Waals surface area contributed by atoms with Gasteiger partial charge in [0.2, 0.25) is 11.7 Å². The minimum absolute atomic E-state index is 0.121. The highest BCUT2D eigenvalue weighted by Gasteiger charge is 2.47. The number of aliphatic hydroxyl groups is 2. The molecule has 1 unspecified atom stereocenters. The molecule has 4 heterocycles. The van der Waals surface area contributed by atoms with Crippen molar-refractivity contribution in [2.24, 2.45) is 11.3 Å². The maximum Gasteiger partial charge on any atom is 0.252 e. The molecule has 37 heavy (non-hydrogen) atoms. The van der Waals surface area contributed by atoms with Crippen LogP contribution < -0.4 is 11.1 Å². The second-order valence-electron chi connectivity index (χ2n) is 10.6. The lowest BCUT2D eigenvalue weighted by molar-refractivity contribution is -0.141. The van der Waals surface area contributed by atoms with Crippen LogP contribution in [-0.2, 0) is 14.3 Å². The Morgan fingerprint density at radius 2 is 1.92 bits per heavy atom. The zero-order chi connectivity index (χ0) is 26.9. The molecule has 12 nitrogen and oxygen atoms in total. The number of nitrogens with zero attached hydrogens (tertiary/aromatic N) is 5. The molecule has 0 aromatic carbocycles. The van der Waals surface area contributed by atoms with Crippen molar-refractivity contribution in [2.75, 3.05) is 25.4 Å². The number of hydrogen-bond acceptors (Lipinski definition) is 9. The SMILES string of the molecule is CCNC(=O)[C@H]1O[C@@H](n2cnc3c(N)nc(C#CCC4CCN(C(=O)C(C)(C)C)CC4)nc32)C(O)[C@H]1O. The van der Waals surface area contributed by atoms with E-state index in [1.807, 2.05) is 25.7 Å². The van der Waals surface area contributed by atoms with Gasteiger partial charge >= 0.3 is 0 Å². The second kappa shape index (κ2) is 10.6. The summed E-state index contributed by atoms with van der Waals surface area (Å²) in [5.41, 5.74) is 6.29. The van der Waals surface area contributed by atoms with E-state index >= 15 is 0 Å². The van der Waals surface area contributed by atoms with Crippen molar-refractivity contribution in [1.29, 1.82) is 0 Å². The Morgan fingerprint density at radius 1 is 1.22 bits per heavy atom. The average molecular weight is 514 g/mol. The number of likely N-dealkylation sites (N-methyl/N-ethyl adjacent to an activating group) is 1. The Kier molecular flexibility index (Phi) is 7.68. The summed E-state index contributed by atoms with van der Waals surface area (Å²) in [6.45, 7) is 9.36. The number of carbonyl (C=O) groups excluding carboxylic acids is 2. The highest BCUT2D eigenvalue weighted by Crippen LogP contribution is 2.32. The van der Waals surface area contributed by atoms with E-state index < -0.39 is 30.4 Å². The molecule has 2 aromatic rings. The van der Waals surface area contributed by atoms with Gasteiger partial charge in [-0.1, -0.05) is 26.7 Å². The molecule has 0 bridgehead atoms. The maximum atomic E-state index is 12.5. The summed E-state index contributed by atoms with van der Waals surface area (Å²) in [5, 5.41) is 23.5. The molecular weight excluding hydrogens is 478 g/mol. The van der Waals surface area contributed by atoms with Crippen molar-refractivity contribution in [2.45, 2.75) is 71.5 Å². The molecule has 0 aliphatic carbocycles. The van der Waals surface area contributed by atoms with E-state index in [0.29, 0.717) is 24.4 Å². The summed E-state index contributed by atoms with van der Waals surface area (Å²) in [6, 6.07) is 0. The first-order valence-corrected chi connectivity index (χ1v) is 12.6. The predicted molar refractivity (Wildman–Crippen MR) is 135 cm³/mol. The summed E-state index contributed by atoms with van der Waals surface area (Å²) >= 11 is 0. The van der Waals surface area contributed by atoms with E-state index in [1.165, 1.54) is 10.9 Å². The van der Waals surface area contributed by atoms with Gasteiger partial charge in [0.1, 0.15) is 17.7 Å². The van der Waals surface area contributed by atoms with Crippen molar-refractivity contribution in [3.63, 3.8) is 0 Å². The molecule has 0 spiro atoms. The van der Waals surface area contributed by atoms with Crippen LogP contribution in [-0.4, -0.2) is 84.4 Å². The van der Waals surface area contributed by atoms with Gasteiger partial charge in [0.15, 0.2) is 23.8 Å². The van der Waals surface area contributed by atoms with E-state index in [1.54, 1.807) is 6.92 Å². The molecule has 2 saturated heterocycles. The monoisotopic (exact) mass is 513 g/mol. The molecular formula is C25H35N7O5. The van der Waals surface area contributed by atoms with Gasteiger partial charge in [-0.05, 0) is 31.6 Å². The third-order valence-electron chi connectivity index (χ3n) is 6.70. The number of nitrogens with one attached hydrogen (secondary N) is 1. The molecule has 4 atom stereocenters. The van der Waals surface area contributed by atoms with Crippen molar-refractivity contribution >= 4 is 28.8 Å². The van der Waals surface area contributed by atoms with Crippen LogP contribution in [0.5, 0.6) is 0 Å². The highest BCUT2D eigenvalue weighted by molar-refractivity contribution is 5.83. The number of imidazole rings is 1. The molecule has 0 saturated carbocycles. The minimum Gasteiger partial charge on any atom is -0.387 e. The molecule has 2 amide bonds. The highest BCUT2D eigenvalue weighted by atomic mass is 16.6. The van der Waals surface area contributed by atoms with E-state index in [4.69, 9.17) is 10.5 Å². The quantitative estimate of drug-likeness (QED) is 0.417. The number of hydrogen-bond donors (Lipinski definition) is 4. The first-order chi connectivity index (χ1) is 17.5. The first-order valence-electron chi connectivity index (χ1n) is 12.6. The average Bonchev–Trinajstić information content (AvgIpc) is 3.40. The fraction of sp³-hybridized carbons (Fsp3) is 0.640.